The van der Waals surface area contributed by atoms with Crippen LogP contribution in [-0.4, -0.2) is 45.2 Å². The Balaban J connectivity index is 1.53. The second-order valence-electron chi connectivity index (χ2n) is 7.69. The van der Waals surface area contributed by atoms with E-state index in [0.717, 1.165) is 47.4 Å². The Morgan fingerprint density at radius 1 is 1.07 bits per heavy atom. The highest BCUT2D eigenvalue weighted by atomic mass is 19.3. The fraction of sp³-hybridized carbons (Fsp3) is 0.429. The third-order valence-corrected chi connectivity index (χ3v) is 5.29. The summed E-state index contributed by atoms with van der Waals surface area (Å²) < 4.78 is 28.2. The minimum atomic E-state index is -2.63. The lowest BCUT2D eigenvalue weighted by Gasteiger charge is -2.33. The highest BCUT2D eigenvalue weighted by Gasteiger charge is 2.29. The summed E-state index contributed by atoms with van der Waals surface area (Å²) in [5.74, 6) is -2.30. The number of rotatable bonds is 4. The van der Waals surface area contributed by atoms with Crippen LogP contribution in [0.5, 0.6) is 0 Å². The molecule has 1 saturated heterocycles. The standard InChI is InChI=1S/C21H24F2N4/c1-21(22,23)14-27-7-5-15(6-8-27)20-10-18-9-16(3-4-17(18)11-24-20)19-12-25-26(2)13-19/h3-4,9-13,15H,5-8,14H2,1-2H3. The zero-order chi connectivity index (χ0) is 19.0. The van der Waals surface area contributed by atoms with Gasteiger partial charge in [-0.15, -0.1) is 0 Å². The van der Waals surface area contributed by atoms with Gasteiger partial charge in [0.05, 0.1) is 12.7 Å². The first-order valence-electron chi connectivity index (χ1n) is 9.36. The average Bonchev–Trinajstić information content (AvgIpc) is 3.06. The molecular weight excluding hydrogens is 346 g/mol. The van der Waals surface area contributed by atoms with Gasteiger partial charge in [0.2, 0.25) is 0 Å². The monoisotopic (exact) mass is 370 g/mol. The Morgan fingerprint density at radius 3 is 2.52 bits per heavy atom. The molecule has 0 bridgehead atoms. The maximum absolute atomic E-state index is 13.2. The van der Waals surface area contributed by atoms with Crippen molar-refractivity contribution in [2.75, 3.05) is 19.6 Å². The normalized spacial score (nSPS) is 16.9. The van der Waals surface area contributed by atoms with Crippen LogP contribution in [0.4, 0.5) is 8.78 Å². The summed E-state index contributed by atoms with van der Waals surface area (Å²) in [5, 5.41) is 6.51. The number of nitrogens with zero attached hydrogens (tertiary/aromatic N) is 4. The van der Waals surface area contributed by atoms with Crippen molar-refractivity contribution >= 4 is 10.8 Å². The fourth-order valence-electron chi connectivity index (χ4n) is 3.91. The number of halogens is 2. The number of likely N-dealkylation sites (tertiary alicyclic amines) is 1. The van der Waals surface area contributed by atoms with Crippen molar-refractivity contribution in [3.8, 4) is 11.1 Å². The summed E-state index contributed by atoms with van der Waals surface area (Å²) in [4.78, 5) is 6.51. The van der Waals surface area contributed by atoms with Crippen molar-refractivity contribution in [1.29, 1.82) is 0 Å². The average molecular weight is 370 g/mol. The summed E-state index contributed by atoms with van der Waals surface area (Å²) in [6.45, 7) is 2.23. The first kappa shape index (κ1) is 18.0. The first-order valence-corrected chi connectivity index (χ1v) is 9.36. The molecule has 4 nitrogen and oxygen atoms in total. The van der Waals surface area contributed by atoms with Crippen LogP contribution in [-0.2, 0) is 7.05 Å². The summed E-state index contributed by atoms with van der Waals surface area (Å²) in [6, 6.07) is 8.50. The van der Waals surface area contributed by atoms with Gasteiger partial charge in [-0.05, 0) is 49.0 Å². The predicted octanol–water partition coefficient (Wildman–Crippen LogP) is 4.47. The fourth-order valence-corrected chi connectivity index (χ4v) is 3.91. The van der Waals surface area contributed by atoms with Crippen molar-refractivity contribution in [2.24, 2.45) is 7.05 Å². The van der Waals surface area contributed by atoms with Gasteiger partial charge in [0.1, 0.15) is 0 Å². The molecule has 1 aromatic carbocycles. The molecule has 4 rings (SSSR count). The van der Waals surface area contributed by atoms with Crippen LogP contribution >= 0.6 is 0 Å². The number of benzene rings is 1. The molecule has 142 valence electrons. The van der Waals surface area contributed by atoms with Crippen LogP contribution in [0.2, 0.25) is 0 Å². The third kappa shape index (κ3) is 4.16. The lowest BCUT2D eigenvalue weighted by atomic mass is 9.91. The van der Waals surface area contributed by atoms with E-state index in [9.17, 15) is 8.78 Å². The van der Waals surface area contributed by atoms with Crippen molar-refractivity contribution < 1.29 is 8.78 Å². The predicted molar refractivity (Wildman–Crippen MR) is 103 cm³/mol. The topological polar surface area (TPSA) is 34.0 Å². The van der Waals surface area contributed by atoms with E-state index < -0.39 is 5.92 Å². The minimum absolute atomic E-state index is 0.153. The van der Waals surface area contributed by atoms with Gasteiger partial charge in [-0.25, -0.2) is 8.78 Å². The van der Waals surface area contributed by atoms with Gasteiger partial charge in [-0.3, -0.25) is 14.6 Å². The maximum Gasteiger partial charge on any atom is 0.257 e. The molecule has 0 amide bonds. The van der Waals surface area contributed by atoms with E-state index in [4.69, 9.17) is 0 Å². The van der Waals surface area contributed by atoms with Gasteiger partial charge in [-0.1, -0.05) is 12.1 Å². The number of hydrogen-bond donors (Lipinski definition) is 0. The van der Waals surface area contributed by atoms with E-state index in [1.54, 1.807) is 4.68 Å². The number of fused-ring (bicyclic) bond motifs is 1. The molecule has 0 saturated carbocycles. The highest BCUT2D eigenvalue weighted by molar-refractivity contribution is 5.86. The van der Waals surface area contributed by atoms with Crippen LogP contribution in [0.15, 0.2) is 42.9 Å². The van der Waals surface area contributed by atoms with E-state index >= 15 is 0 Å². The number of hydrogen-bond acceptors (Lipinski definition) is 3. The molecule has 6 heteroatoms. The molecule has 0 radical (unpaired) electrons. The second kappa shape index (κ2) is 7.00. The van der Waals surface area contributed by atoms with Gasteiger partial charge in [-0.2, -0.15) is 5.10 Å². The van der Waals surface area contributed by atoms with E-state index in [1.807, 2.05) is 30.5 Å². The van der Waals surface area contributed by atoms with Crippen LogP contribution in [0.25, 0.3) is 21.9 Å². The molecule has 0 unspecified atom stereocenters. The Hall–Kier alpha value is -2.34. The minimum Gasteiger partial charge on any atom is -0.297 e. The quantitative estimate of drug-likeness (QED) is 0.679. The Morgan fingerprint density at radius 2 is 1.85 bits per heavy atom. The number of alkyl halides is 2. The number of aromatic nitrogens is 3. The lowest BCUT2D eigenvalue weighted by molar-refractivity contribution is -0.0199. The Labute approximate surface area is 157 Å². The van der Waals surface area contributed by atoms with Crippen molar-refractivity contribution in [3.05, 3.63) is 48.5 Å². The molecule has 27 heavy (non-hydrogen) atoms. The SMILES string of the molecule is Cn1cc(-c2ccc3cnc(C4CCN(CC(C)(F)F)CC4)cc3c2)cn1. The molecule has 0 aliphatic carbocycles. The van der Waals surface area contributed by atoms with Crippen LogP contribution < -0.4 is 0 Å². The summed E-state index contributed by atoms with van der Waals surface area (Å²) in [6.07, 6.45) is 7.53. The third-order valence-electron chi connectivity index (χ3n) is 5.29. The van der Waals surface area contributed by atoms with Crippen molar-refractivity contribution in [2.45, 2.75) is 31.6 Å². The van der Waals surface area contributed by atoms with E-state index in [2.05, 4.69) is 34.3 Å². The van der Waals surface area contributed by atoms with Gasteiger partial charge in [0, 0.05) is 48.9 Å². The smallest absolute Gasteiger partial charge is 0.257 e. The Kier molecular flexibility index (Phi) is 4.68. The van der Waals surface area contributed by atoms with E-state index in [0.29, 0.717) is 19.0 Å². The molecule has 0 atom stereocenters. The molecule has 1 fully saturated rings. The second-order valence-corrected chi connectivity index (χ2v) is 7.69. The molecule has 0 spiro atoms. The molecule has 3 aromatic rings. The van der Waals surface area contributed by atoms with Gasteiger partial charge < -0.3 is 0 Å². The van der Waals surface area contributed by atoms with E-state index in [1.165, 1.54) is 0 Å². The van der Waals surface area contributed by atoms with E-state index in [-0.39, 0.29) is 6.54 Å². The highest BCUT2D eigenvalue weighted by Crippen LogP contribution is 2.31. The van der Waals surface area contributed by atoms with Crippen LogP contribution in [0.1, 0.15) is 31.4 Å². The Bertz CT molecular complexity index is 937. The van der Waals surface area contributed by atoms with Crippen LogP contribution in [0, 0.1) is 0 Å². The molecular formula is C21H24F2N4. The molecule has 3 heterocycles. The molecule has 1 aliphatic rings. The molecule has 0 N–H and O–H groups in total. The molecule has 1 aliphatic heterocycles. The summed E-state index contributed by atoms with van der Waals surface area (Å²) >= 11 is 0. The maximum atomic E-state index is 13.2. The van der Waals surface area contributed by atoms with Gasteiger partial charge in [0.25, 0.3) is 5.92 Å². The summed E-state index contributed by atoms with van der Waals surface area (Å²) in [7, 11) is 1.91. The lowest BCUT2D eigenvalue weighted by Crippen LogP contribution is -2.40. The molecule has 2 aromatic heterocycles. The zero-order valence-electron chi connectivity index (χ0n) is 15.7. The largest absolute Gasteiger partial charge is 0.297 e. The van der Waals surface area contributed by atoms with Crippen molar-refractivity contribution in [1.82, 2.24) is 19.7 Å². The number of aryl methyl sites for hydroxylation is 1. The summed E-state index contributed by atoms with van der Waals surface area (Å²) in [5.41, 5.74) is 3.29. The number of pyridine rings is 1. The first-order chi connectivity index (χ1) is 12.9. The van der Waals surface area contributed by atoms with Crippen LogP contribution in [0.3, 0.4) is 0 Å². The van der Waals surface area contributed by atoms with Gasteiger partial charge >= 0.3 is 0 Å². The number of piperidine rings is 1. The van der Waals surface area contributed by atoms with Gasteiger partial charge in [0.15, 0.2) is 0 Å². The van der Waals surface area contributed by atoms with Crippen molar-refractivity contribution in [3.63, 3.8) is 0 Å². The zero-order valence-corrected chi connectivity index (χ0v) is 15.7.